The van der Waals surface area contributed by atoms with Crippen LogP contribution in [0, 0.1) is 0 Å². The number of allylic oxidation sites excluding steroid dienone is 8. The van der Waals surface area contributed by atoms with E-state index in [9.17, 15) is 35.1 Å². The summed E-state index contributed by atoms with van der Waals surface area (Å²) in [6, 6.07) is -0.840. The summed E-state index contributed by atoms with van der Waals surface area (Å²) < 4.78 is 16.6. The number of amides is 1. The minimum absolute atomic E-state index is 0.0501. The predicted molar refractivity (Wildman–Crippen MR) is 310 cm³/mol. The SMILES string of the molecule is CCCCCCC/C=C/CC/C=C/CC/C=C/C(O)C(COC1OC(CO)C(O)C(O)C1O)NC(=O)CCCCCCCCCCCCCCCC/C=C\C/C=C\CCOC(=O)CCCCCCCCCCCCC. The molecule has 0 radical (unpaired) electrons. The van der Waals surface area contributed by atoms with Crippen LogP contribution in [0.1, 0.15) is 271 Å². The molecule has 1 heterocycles. The van der Waals surface area contributed by atoms with E-state index in [1.807, 2.05) is 6.08 Å². The highest BCUT2D eigenvalue weighted by atomic mass is 16.7. The lowest BCUT2D eigenvalue weighted by atomic mass is 9.99. The first-order valence-electron chi connectivity index (χ1n) is 31.1. The van der Waals surface area contributed by atoms with Crippen molar-refractivity contribution < 1.29 is 49.3 Å². The summed E-state index contributed by atoms with van der Waals surface area (Å²) in [6.07, 6.45) is 59.0. The van der Waals surface area contributed by atoms with Crippen LogP contribution in [0.5, 0.6) is 0 Å². The van der Waals surface area contributed by atoms with E-state index in [2.05, 4.69) is 67.8 Å². The largest absolute Gasteiger partial charge is 0.465 e. The fourth-order valence-electron chi connectivity index (χ4n) is 9.42. The van der Waals surface area contributed by atoms with Crippen LogP contribution >= 0.6 is 0 Å². The average molecular weight is 1060 g/mol. The van der Waals surface area contributed by atoms with Gasteiger partial charge in [0.1, 0.15) is 24.4 Å². The first-order chi connectivity index (χ1) is 36.7. The topological polar surface area (TPSA) is 175 Å². The average Bonchev–Trinajstić information content (AvgIpc) is 3.41. The van der Waals surface area contributed by atoms with E-state index in [4.69, 9.17) is 14.2 Å². The Balaban J connectivity index is 2.13. The van der Waals surface area contributed by atoms with E-state index in [1.165, 1.54) is 154 Å². The summed E-state index contributed by atoms with van der Waals surface area (Å²) >= 11 is 0. The highest BCUT2D eigenvalue weighted by Crippen LogP contribution is 2.23. The molecule has 6 N–H and O–H groups in total. The van der Waals surface area contributed by atoms with E-state index in [0.717, 1.165) is 89.9 Å². The second-order valence-corrected chi connectivity index (χ2v) is 21.4. The fourth-order valence-corrected chi connectivity index (χ4v) is 9.42. The summed E-state index contributed by atoms with van der Waals surface area (Å²) in [4.78, 5) is 25.0. The van der Waals surface area contributed by atoms with Gasteiger partial charge in [0.25, 0.3) is 0 Å². The van der Waals surface area contributed by atoms with Crippen molar-refractivity contribution in [3.05, 3.63) is 60.8 Å². The fraction of sp³-hybridized carbons (Fsp3) is 0.812. The Bertz CT molecular complexity index is 1430. The molecule has 11 nitrogen and oxygen atoms in total. The highest BCUT2D eigenvalue weighted by molar-refractivity contribution is 5.76. The maximum Gasteiger partial charge on any atom is 0.305 e. The quantitative estimate of drug-likeness (QED) is 0.0195. The van der Waals surface area contributed by atoms with Gasteiger partial charge in [-0.05, 0) is 77.0 Å². The molecule has 0 saturated carbocycles. The van der Waals surface area contributed by atoms with Gasteiger partial charge >= 0.3 is 5.97 Å². The zero-order valence-electron chi connectivity index (χ0n) is 48.0. The summed E-state index contributed by atoms with van der Waals surface area (Å²) in [7, 11) is 0. The predicted octanol–water partition coefficient (Wildman–Crippen LogP) is 14.6. The normalized spacial score (nSPS) is 19.2. The van der Waals surface area contributed by atoms with E-state index >= 15 is 0 Å². The summed E-state index contributed by atoms with van der Waals surface area (Å²) in [6.45, 7) is 4.19. The third-order valence-electron chi connectivity index (χ3n) is 14.4. The third-order valence-corrected chi connectivity index (χ3v) is 14.4. The molecule has 11 heteroatoms. The Labute approximate surface area is 458 Å². The van der Waals surface area contributed by atoms with Crippen molar-refractivity contribution in [2.24, 2.45) is 0 Å². The van der Waals surface area contributed by atoms with Gasteiger partial charge in [-0.1, -0.05) is 242 Å². The zero-order valence-corrected chi connectivity index (χ0v) is 48.0. The number of rotatable bonds is 53. The van der Waals surface area contributed by atoms with Crippen molar-refractivity contribution in [3.8, 4) is 0 Å². The van der Waals surface area contributed by atoms with Gasteiger partial charge in [0.2, 0.25) is 5.91 Å². The van der Waals surface area contributed by atoms with E-state index in [1.54, 1.807) is 6.08 Å². The Hall–Kier alpha value is -2.64. The van der Waals surface area contributed by atoms with Gasteiger partial charge in [-0.2, -0.15) is 0 Å². The molecule has 1 rings (SSSR count). The third kappa shape index (κ3) is 43.0. The number of hydrogen-bond donors (Lipinski definition) is 6. The lowest BCUT2D eigenvalue weighted by Gasteiger charge is -2.40. The van der Waals surface area contributed by atoms with Crippen LogP contribution in [-0.4, -0.2) is 100 Å². The monoisotopic (exact) mass is 1060 g/mol. The Morgan fingerprint density at radius 2 is 0.907 bits per heavy atom. The molecule has 0 bridgehead atoms. The van der Waals surface area contributed by atoms with Gasteiger partial charge < -0.3 is 45.1 Å². The number of aliphatic hydroxyl groups is 5. The lowest BCUT2D eigenvalue weighted by Crippen LogP contribution is -2.60. The number of unbranched alkanes of at least 4 members (excludes halogenated alkanes) is 31. The number of carbonyl (C=O) groups is 2. The van der Waals surface area contributed by atoms with Crippen LogP contribution < -0.4 is 5.32 Å². The molecular weight excluding hydrogens is 943 g/mol. The lowest BCUT2D eigenvalue weighted by molar-refractivity contribution is -0.302. The molecular formula is C64H115NO10. The Morgan fingerprint density at radius 3 is 1.40 bits per heavy atom. The van der Waals surface area contributed by atoms with Crippen LogP contribution in [0.2, 0.25) is 0 Å². The van der Waals surface area contributed by atoms with Gasteiger partial charge in [0, 0.05) is 12.8 Å². The zero-order chi connectivity index (χ0) is 54.5. The van der Waals surface area contributed by atoms with Crippen LogP contribution in [-0.2, 0) is 23.8 Å². The number of nitrogens with one attached hydrogen (secondary N) is 1. The van der Waals surface area contributed by atoms with E-state index in [-0.39, 0.29) is 18.5 Å². The molecule has 1 saturated heterocycles. The van der Waals surface area contributed by atoms with Crippen molar-refractivity contribution in [1.29, 1.82) is 0 Å². The maximum absolute atomic E-state index is 13.1. The van der Waals surface area contributed by atoms with Gasteiger partial charge in [-0.15, -0.1) is 0 Å². The van der Waals surface area contributed by atoms with Gasteiger partial charge in [-0.3, -0.25) is 9.59 Å². The van der Waals surface area contributed by atoms with Crippen molar-refractivity contribution in [2.45, 2.75) is 314 Å². The molecule has 1 aliphatic heterocycles. The molecule has 0 aromatic heterocycles. The number of carbonyl (C=O) groups excluding carboxylic acids is 2. The van der Waals surface area contributed by atoms with Gasteiger partial charge in [-0.25, -0.2) is 0 Å². The van der Waals surface area contributed by atoms with Crippen molar-refractivity contribution in [1.82, 2.24) is 5.32 Å². The van der Waals surface area contributed by atoms with E-state index in [0.29, 0.717) is 19.4 Å². The second kappa shape index (κ2) is 53.4. The minimum Gasteiger partial charge on any atom is -0.465 e. The smallest absolute Gasteiger partial charge is 0.305 e. The number of hydrogen-bond acceptors (Lipinski definition) is 10. The van der Waals surface area contributed by atoms with Crippen LogP contribution in [0.25, 0.3) is 0 Å². The minimum atomic E-state index is -1.58. The molecule has 7 atom stereocenters. The molecule has 0 spiro atoms. The van der Waals surface area contributed by atoms with Crippen LogP contribution in [0.3, 0.4) is 0 Å². The van der Waals surface area contributed by atoms with Crippen molar-refractivity contribution >= 4 is 11.9 Å². The molecule has 0 aromatic carbocycles. The standard InChI is InChI=1S/C64H115NO10/c1-3-5-7-9-11-13-15-16-24-27-31-34-38-42-46-50-57(67)56(55-74-64-63(72)62(71)61(70)58(54-66)75-64)65-59(68)51-47-43-39-35-32-28-25-22-20-18-17-19-21-23-26-29-33-37-41-45-49-53-73-60(69)52-48-44-40-36-30-14-12-10-8-6-4-2/h15-16,29,31,33-34,41,45-46,50,56-58,61-64,66-67,70-72H,3-14,17-28,30,32,35-40,42-44,47-49,51-55H2,1-2H3,(H,65,68)/b16-15+,33-29-,34-31+,45-41-,50-46+. The molecule has 1 amide bonds. The first-order valence-corrected chi connectivity index (χ1v) is 31.1. The molecule has 1 aliphatic rings. The molecule has 436 valence electrons. The maximum atomic E-state index is 13.1. The van der Waals surface area contributed by atoms with Crippen LogP contribution in [0.15, 0.2) is 60.8 Å². The summed E-state index contributed by atoms with van der Waals surface area (Å²) in [5.74, 6) is -0.252. The summed E-state index contributed by atoms with van der Waals surface area (Å²) in [5, 5.41) is 54.4. The van der Waals surface area contributed by atoms with Gasteiger partial charge in [0.15, 0.2) is 6.29 Å². The van der Waals surface area contributed by atoms with E-state index < -0.39 is 49.5 Å². The number of ether oxygens (including phenoxy) is 3. The number of esters is 1. The molecule has 0 aliphatic carbocycles. The molecule has 75 heavy (non-hydrogen) atoms. The highest BCUT2D eigenvalue weighted by Gasteiger charge is 2.44. The Morgan fingerprint density at radius 1 is 0.493 bits per heavy atom. The van der Waals surface area contributed by atoms with Crippen LogP contribution in [0.4, 0.5) is 0 Å². The molecule has 7 unspecified atom stereocenters. The Kier molecular flexibility index (Phi) is 50.1. The van der Waals surface area contributed by atoms with Crippen molar-refractivity contribution in [3.63, 3.8) is 0 Å². The van der Waals surface area contributed by atoms with Gasteiger partial charge in [0.05, 0.1) is 32.0 Å². The molecule has 0 aromatic rings. The number of aliphatic hydroxyl groups excluding tert-OH is 5. The summed E-state index contributed by atoms with van der Waals surface area (Å²) in [5.41, 5.74) is 0. The second-order valence-electron chi connectivity index (χ2n) is 21.4. The first kappa shape index (κ1) is 70.4. The molecule has 1 fully saturated rings. The van der Waals surface area contributed by atoms with Crippen molar-refractivity contribution in [2.75, 3.05) is 19.8 Å².